The highest BCUT2D eigenvalue weighted by molar-refractivity contribution is 7.47. The van der Waals surface area contributed by atoms with Crippen LogP contribution in [0.5, 0.6) is 0 Å². The van der Waals surface area contributed by atoms with Gasteiger partial charge in [-0.1, -0.05) is 324 Å². The molecule has 0 aliphatic carbocycles. The summed E-state index contributed by atoms with van der Waals surface area (Å²) in [5, 5.41) is 10.6. The molecule has 0 aromatic carbocycles. The average Bonchev–Trinajstić information content (AvgIpc) is 2.13. The standard InChI is InChI=1S/C73H142O17P2/c1-7-9-11-13-15-17-32-39-45-51-57-72(77)89-68(61-83-70(75)55-49-43-37-29-16-14-12-10-8-2)63-87-91(79,80)85-59-67(74)60-86-92(81,82)88-64-69(62-84-71(76)56-50-44-38-34-28-31-36-42-48-54-66(5)6)90-73(78)58-52-46-40-33-27-25-23-21-19-18-20-22-24-26-30-35-41-47-53-65(3)4/h65-69,74H,7-64H2,1-6H3,(H,79,80)(H,81,82)/t67-,68+,69+/m0/s1. The second-order valence-electron chi connectivity index (χ2n) is 27.3. The van der Waals surface area contributed by atoms with Crippen LogP contribution in [0, 0.1) is 11.8 Å². The number of aliphatic hydroxyl groups excluding tert-OH is 1. The van der Waals surface area contributed by atoms with E-state index in [1.807, 2.05) is 0 Å². The quantitative estimate of drug-likeness (QED) is 0.0222. The molecule has 0 aromatic heterocycles. The van der Waals surface area contributed by atoms with Gasteiger partial charge in [-0.25, -0.2) is 9.13 Å². The third kappa shape index (κ3) is 66.7. The fraction of sp³-hybridized carbons (Fsp3) is 0.945. The molecular formula is C73H142O17P2. The van der Waals surface area contributed by atoms with E-state index in [0.717, 1.165) is 102 Å². The molecule has 0 aromatic rings. The van der Waals surface area contributed by atoms with Gasteiger partial charge in [0.1, 0.15) is 19.3 Å². The normalized spacial score (nSPS) is 14.1. The lowest BCUT2D eigenvalue weighted by Crippen LogP contribution is -2.30. The molecule has 0 fully saturated rings. The summed E-state index contributed by atoms with van der Waals surface area (Å²) in [6, 6.07) is 0. The molecule has 0 spiro atoms. The van der Waals surface area contributed by atoms with Crippen molar-refractivity contribution in [3.05, 3.63) is 0 Å². The van der Waals surface area contributed by atoms with Crippen LogP contribution in [-0.4, -0.2) is 96.7 Å². The lowest BCUT2D eigenvalue weighted by Gasteiger charge is -2.21. The Morgan fingerprint density at radius 3 is 0.739 bits per heavy atom. The fourth-order valence-corrected chi connectivity index (χ4v) is 12.7. The maximum atomic E-state index is 13.0. The van der Waals surface area contributed by atoms with Crippen LogP contribution >= 0.6 is 15.6 Å². The van der Waals surface area contributed by atoms with Crippen molar-refractivity contribution in [3.8, 4) is 0 Å². The second-order valence-corrected chi connectivity index (χ2v) is 30.2. The predicted molar refractivity (Wildman–Crippen MR) is 372 cm³/mol. The summed E-state index contributed by atoms with van der Waals surface area (Å²) in [5.41, 5.74) is 0. The Morgan fingerprint density at radius 2 is 0.500 bits per heavy atom. The van der Waals surface area contributed by atoms with Gasteiger partial charge < -0.3 is 33.8 Å². The van der Waals surface area contributed by atoms with Crippen molar-refractivity contribution >= 4 is 39.5 Å². The lowest BCUT2D eigenvalue weighted by atomic mass is 10.0. The number of aliphatic hydroxyl groups is 1. The van der Waals surface area contributed by atoms with Gasteiger partial charge in [0.15, 0.2) is 12.2 Å². The van der Waals surface area contributed by atoms with Crippen LogP contribution in [0.3, 0.4) is 0 Å². The molecule has 2 unspecified atom stereocenters. The summed E-state index contributed by atoms with van der Waals surface area (Å²) in [5.74, 6) is -0.558. The summed E-state index contributed by atoms with van der Waals surface area (Å²) in [4.78, 5) is 72.5. The number of hydrogen-bond donors (Lipinski definition) is 3. The summed E-state index contributed by atoms with van der Waals surface area (Å²) in [6.45, 7) is 9.56. The van der Waals surface area contributed by atoms with Crippen molar-refractivity contribution in [2.45, 2.75) is 394 Å². The first kappa shape index (κ1) is 90.1. The predicted octanol–water partition coefficient (Wildman–Crippen LogP) is 21.2. The number of carbonyl (C=O) groups excluding carboxylic acids is 4. The van der Waals surface area contributed by atoms with Gasteiger partial charge in [0.2, 0.25) is 0 Å². The zero-order valence-electron chi connectivity index (χ0n) is 59.9. The van der Waals surface area contributed by atoms with Crippen LogP contribution in [0.1, 0.15) is 375 Å². The first-order valence-corrected chi connectivity index (χ1v) is 41.0. The number of phosphoric acid groups is 2. The van der Waals surface area contributed by atoms with E-state index in [0.29, 0.717) is 25.7 Å². The van der Waals surface area contributed by atoms with E-state index >= 15 is 0 Å². The van der Waals surface area contributed by atoms with E-state index in [1.165, 1.54) is 193 Å². The van der Waals surface area contributed by atoms with E-state index in [4.69, 9.17) is 37.0 Å². The Morgan fingerprint density at radius 1 is 0.293 bits per heavy atom. The highest BCUT2D eigenvalue weighted by Crippen LogP contribution is 2.45. The third-order valence-electron chi connectivity index (χ3n) is 17.0. The van der Waals surface area contributed by atoms with E-state index in [9.17, 15) is 43.2 Å². The Kier molecular flexibility index (Phi) is 63.7. The summed E-state index contributed by atoms with van der Waals surface area (Å²) in [7, 11) is -9.90. The number of carbonyl (C=O) groups is 4. The van der Waals surface area contributed by atoms with Crippen LogP contribution in [0.2, 0.25) is 0 Å². The highest BCUT2D eigenvalue weighted by Gasteiger charge is 2.30. The molecule has 17 nitrogen and oxygen atoms in total. The molecule has 3 N–H and O–H groups in total. The number of esters is 4. The van der Waals surface area contributed by atoms with E-state index in [1.54, 1.807) is 0 Å². The minimum absolute atomic E-state index is 0.106. The van der Waals surface area contributed by atoms with Crippen LogP contribution in [0.25, 0.3) is 0 Å². The molecule has 0 saturated heterocycles. The van der Waals surface area contributed by atoms with Gasteiger partial charge in [-0.3, -0.25) is 37.3 Å². The smallest absolute Gasteiger partial charge is 0.462 e. The maximum Gasteiger partial charge on any atom is 0.472 e. The molecule has 92 heavy (non-hydrogen) atoms. The molecule has 0 heterocycles. The van der Waals surface area contributed by atoms with Gasteiger partial charge >= 0.3 is 39.5 Å². The van der Waals surface area contributed by atoms with Gasteiger partial charge in [-0.2, -0.15) is 0 Å². The SMILES string of the molecule is CCCCCCCCCCCCC(=O)O[C@H](COC(=O)CCCCCCCCCCC)COP(=O)(O)OC[C@H](O)COP(=O)(O)OC[C@@H](COC(=O)CCCCCCCCCCCC(C)C)OC(=O)CCCCCCCCCCCCCCCCCCCCC(C)C. The van der Waals surface area contributed by atoms with E-state index < -0.39 is 97.5 Å². The summed E-state index contributed by atoms with van der Waals surface area (Å²) < 4.78 is 68.3. The van der Waals surface area contributed by atoms with Crippen LogP contribution in [0.4, 0.5) is 0 Å². The molecule has 0 aliphatic rings. The van der Waals surface area contributed by atoms with Crippen molar-refractivity contribution in [3.63, 3.8) is 0 Å². The zero-order chi connectivity index (χ0) is 67.9. The van der Waals surface area contributed by atoms with Crippen molar-refractivity contribution in [1.29, 1.82) is 0 Å². The Hall–Kier alpha value is -1.94. The maximum absolute atomic E-state index is 13.0. The van der Waals surface area contributed by atoms with Gasteiger partial charge in [0, 0.05) is 25.7 Å². The minimum atomic E-state index is -4.95. The van der Waals surface area contributed by atoms with Gasteiger partial charge in [-0.05, 0) is 37.5 Å². The minimum Gasteiger partial charge on any atom is -0.462 e. The molecule has 0 saturated carbocycles. The Balaban J connectivity index is 5.16. The molecule has 19 heteroatoms. The molecule has 0 aliphatic heterocycles. The topological polar surface area (TPSA) is 237 Å². The van der Waals surface area contributed by atoms with Crippen molar-refractivity contribution in [2.24, 2.45) is 11.8 Å². The van der Waals surface area contributed by atoms with Gasteiger partial charge in [-0.15, -0.1) is 0 Å². The second kappa shape index (κ2) is 65.0. The molecule has 0 amide bonds. The van der Waals surface area contributed by atoms with Crippen molar-refractivity contribution in [1.82, 2.24) is 0 Å². The Labute approximate surface area is 562 Å². The van der Waals surface area contributed by atoms with Gasteiger partial charge in [0.05, 0.1) is 26.4 Å². The van der Waals surface area contributed by atoms with Crippen LogP contribution in [-0.2, 0) is 65.4 Å². The van der Waals surface area contributed by atoms with E-state index in [-0.39, 0.29) is 25.7 Å². The first-order chi connectivity index (χ1) is 44.4. The molecule has 0 radical (unpaired) electrons. The number of rotatable bonds is 72. The van der Waals surface area contributed by atoms with E-state index in [2.05, 4.69) is 41.5 Å². The lowest BCUT2D eigenvalue weighted by molar-refractivity contribution is -0.161. The number of unbranched alkanes of at least 4 members (excludes halogenated alkanes) is 42. The highest BCUT2D eigenvalue weighted by atomic mass is 31.2. The number of ether oxygens (including phenoxy) is 4. The van der Waals surface area contributed by atoms with Crippen molar-refractivity contribution in [2.75, 3.05) is 39.6 Å². The molecule has 0 rings (SSSR count). The zero-order valence-corrected chi connectivity index (χ0v) is 61.6. The molecule has 546 valence electrons. The summed E-state index contributed by atoms with van der Waals surface area (Å²) >= 11 is 0. The van der Waals surface area contributed by atoms with Gasteiger partial charge in [0.25, 0.3) is 0 Å². The first-order valence-electron chi connectivity index (χ1n) is 38.0. The Bertz CT molecular complexity index is 1790. The molecule has 5 atom stereocenters. The fourth-order valence-electron chi connectivity index (χ4n) is 11.1. The number of hydrogen-bond acceptors (Lipinski definition) is 15. The average molecular weight is 1350 g/mol. The number of phosphoric ester groups is 2. The third-order valence-corrected chi connectivity index (χ3v) is 18.9. The largest absolute Gasteiger partial charge is 0.472 e. The molecule has 0 bridgehead atoms. The summed E-state index contributed by atoms with van der Waals surface area (Å²) in [6.07, 6.45) is 51.4. The monoisotopic (exact) mass is 1350 g/mol. The van der Waals surface area contributed by atoms with Crippen LogP contribution in [0.15, 0.2) is 0 Å². The van der Waals surface area contributed by atoms with Crippen LogP contribution < -0.4 is 0 Å². The molecular weight excluding hydrogens is 1210 g/mol. The van der Waals surface area contributed by atoms with Crippen molar-refractivity contribution < 1.29 is 80.2 Å².